The highest BCUT2D eigenvalue weighted by Gasteiger charge is 2.24. The molecule has 0 aromatic heterocycles. The summed E-state index contributed by atoms with van der Waals surface area (Å²) in [6.45, 7) is 3.68. The molecule has 5 nitrogen and oxygen atoms in total. The van der Waals surface area contributed by atoms with Crippen LogP contribution in [-0.4, -0.2) is 24.0 Å². The second-order valence-electron chi connectivity index (χ2n) is 5.48. The minimum absolute atomic E-state index is 0.0480. The zero-order chi connectivity index (χ0) is 15.0. The first-order chi connectivity index (χ1) is 9.56. The van der Waals surface area contributed by atoms with Gasteiger partial charge in [-0.1, -0.05) is 19.8 Å². The summed E-state index contributed by atoms with van der Waals surface area (Å²) in [4.78, 5) is 23.6. The van der Waals surface area contributed by atoms with Crippen molar-refractivity contribution < 1.29 is 14.3 Å². The smallest absolute Gasteiger partial charge is 0.308 e. The summed E-state index contributed by atoms with van der Waals surface area (Å²) in [6.07, 6.45) is 4.77. The Morgan fingerprint density at radius 3 is 2.60 bits per heavy atom. The maximum Gasteiger partial charge on any atom is 0.308 e. The van der Waals surface area contributed by atoms with Crippen molar-refractivity contribution in [2.24, 2.45) is 5.92 Å². The minimum atomic E-state index is -0.355. The molecule has 0 aromatic rings. The van der Waals surface area contributed by atoms with Crippen LogP contribution in [0.2, 0.25) is 0 Å². The predicted molar refractivity (Wildman–Crippen MR) is 74.6 cm³/mol. The van der Waals surface area contributed by atoms with E-state index in [4.69, 9.17) is 10.00 Å². The third-order valence-corrected chi connectivity index (χ3v) is 3.66. The number of nitriles is 1. The van der Waals surface area contributed by atoms with Crippen LogP contribution in [0.3, 0.4) is 0 Å². The van der Waals surface area contributed by atoms with Crippen LogP contribution in [0.5, 0.6) is 0 Å². The number of hydrogen-bond donors (Lipinski definition) is 1. The summed E-state index contributed by atoms with van der Waals surface area (Å²) < 4.78 is 5.21. The fourth-order valence-electron chi connectivity index (χ4n) is 2.45. The average molecular weight is 280 g/mol. The second kappa shape index (κ2) is 8.57. The van der Waals surface area contributed by atoms with Crippen LogP contribution >= 0.6 is 0 Å². The van der Waals surface area contributed by atoms with Gasteiger partial charge in [-0.2, -0.15) is 5.26 Å². The third kappa shape index (κ3) is 5.60. The Kier molecular flexibility index (Phi) is 7.06. The fourth-order valence-corrected chi connectivity index (χ4v) is 2.45. The molecule has 0 heterocycles. The molecule has 1 saturated carbocycles. The highest BCUT2D eigenvalue weighted by Crippen LogP contribution is 2.24. The van der Waals surface area contributed by atoms with Gasteiger partial charge in [0.15, 0.2) is 0 Å². The van der Waals surface area contributed by atoms with E-state index in [1.807, 2.05) is 13.0 Å². The first-order valence-corrected chi connectivity index (χ1v) is 7.43. The molecule has 0 saturated heterocycles. The predicted octanol–water partition coefficient (Wildman–Crippen LogP) is 2.31. The molecule has 5 heteroatoms. The van der Waals surface area contributed by atoms with Crippen molar-refractivity contribution in [1.29, 1.82) is 5.26 Å². The molecule has 2 unspecified atom stereocenters. The lowest BCUT2D eigenvalue weighted by molar-refractivity contribution is -0.149. The zero-order valence-electron chi connectivity index (χ0n) is 12.4. The zero-order valence-corrected chi connectivity index (χ0v) is 12.4. The molecule has 0 spiro atoms. The largest absolute Gasteiger partial charge is 0.461 e. The summed E-state index contributed by atoms with van der Waals surface area (Å²) in [5.74, 6) is -0.200. The number of carbonyl (C=O) groups excluding carboxylic acids is 2. The highest BCUT2D eigenvalue weighted by atomic mass is 16.5. The van der Waals surface area contributed by atoms with Gasteiger partial charge < -0.3 is 10.1 Å². The fraction of sp³-hybridized carbons (Fsp3) is 0.800. The molecule has 1 N–H and O–H groups in total. The van der Waals surface area contributed by atoms with Gasteiger partial charge >= 0.3 is 5.97 Å². The van der Waals surface area contributed by atoms with Crippen LogP contribution in [0.4, 0.5) is 0 Å². The monoisotopic (exact) mass is 280 g/mol. The molecule has 1 amide bonds. The maximum atomic E-state index is 11.9. The average Bonchev–Trinajstić information content (AvgIpc) is 2.91. The minimum Gasteiger partial charge on any atom is -0.461 e. The van der Waals surface area contributed by atoms with Gasteiger partial charge in [-0.15, -0.1) is 0 Å². The summed E-state index contributed by atoms with van der Waals surface area (Å²) in [6, 6.07) is 1.77. The van der Waals surface area contributed by atoms with E-state index in [1.54, 1.807) is 6.92 Å². The summed E-state index contributed by atoms with van der Waals surface area (Å²) in [7, 11) is 0. The molecule has 2 atom stereocenters. The molecule has 0 bridgehead atoms. The molecular weight excluding hydrogens is 256 g/mol. The second-order valence-corrected chi connectivity index (χ2v) is 5.48. The van der Waals surface area contributed by atoms with Gasteiger partial charge in [-0.3, -0.25) is 9.59 Å². The number of nitrogens with one attached hydrogen (secondary N) is 1. The number of amides is 1. The van der Waals surface area contributed by atoms with Gasteiger partial charge in [-0.25, -0.2) is 0 Å². The van der Waals surface area contributed by atoms with Crippen LogP contribution in [0.25, 0.3) is 0 Å². The number of esters is 1. The maximum absolute atomic E-state index is 11.9. The van der Waals surface area contributed by atoms with Crippen molar-refractivity contribution in [3.63, 3.8) is 0 Å². The van der Waals surface area contributed by atoms with Gasteiger partial charge in [0, 0.05) is 12.0 Å². The van der Waals surface area contributed by atoms with Crippen molar-refractivity contribution in [2.75, 3.05) is 0 Å². The van der Waals surface area contributed by atoms with E-state index in [2.05, 4.69) is 5.32 Å². The van der Waals surface area contributed by atoms with E-state index < -0.39 is 0 Å². The number of carbonyl (C=O) groups is 2. The van der Waals surface area contributed by atoms with Crippen LogP contribution in [0.15, 0.2) is 0 Å². The lowest BCUT2D eigenvalue weighted by Gasteiger charge is -2.18. The molecule has 0 aliphatic heterocycles. The molecule has 1 aliphatic rings. The molecule has 1 rings (SSSR count). The van der Waals surface area contributed by atoms with Gasteiger partial charge in [0.05, 0.1) is 18.9 Å². The Labute approximate surface area is 120 Å². The van der Waals surface area contributed by atoms with Gasteiger partial charge in [-0.05, 0) is 26.2 Å². The summed E-state index contributed by atoms with van der Waals surface area (Å²) in [5.41, 5.74) is 0. The number of rotatable bonds is 7. The molecule has 20 heavy (non-hydrogen) atoms. The summed E-state index contributed by atoms with van der Waals surface area (Å²) in [5, 5.41) is 11.5. The van der Waals surface area contributed by atoms with E-state index in [-0.39, 0.29) is 42.8 Å². The van der Waals surface area contributed by atoms with Crippen molar-refractivity contribution in [2.45, 2.75) is 70.9 Å². The number of hydrogen-bond acceptors (Lipinski definition) is 4. The van der Waals surface area contributed by atoms with Crippen LogP contribution in [-0.2, 0) is 14.3 Å². The standard InChI is InChI=1S/C15H24N2O3/c1-3-13(8-9-16)20-14(18)10-11(2)17-15(19)12-6-4-5-7-12/h11-13H,3-8,10H2,1-2H3,(H,17,19). The molecule has 0 aromatic carbocycles. The molecule has 1 aliphatic carbocycles. The highest BCUT2D eigenvalue weighted by molar-refractivity contribution is 5.80. The number of nitrogens with zero attached hydrogens (tertiary/aromatic N) is 1. The normalized spacial score (nSPS) is 18.1. The Morgan fingerprint density at radius 2 is 2.05 bits per heavy atom. The summed E-state index contributed by atoms with van der Waals surface area (Å²) >= 11 is 0. The molecular formula is C15H24N2O3. The first kappa shape index (κ1) is 16.5. The Bertz CT molecular complexity index is 370. The van der Waals surface area contributed by atoms with Crippen LogP contribution in [0, 0.1) is 17.2 Å². The van der Waals surface area contributed by atoms with Crippen molar-refractivity contribution in [3.8, 4) is 6.07 Å². The molecule has 112 valence electrons. The molecule has 0 radical (unpaired) electrons. The Balaban J connectivity index is 2.30. The van der Waals surface area contributed by atoms with E-state index >= 15 is 0 Å². The van der Waals surface area contributed by atoms with Crippen molar-refractivity contribution in [1.82, 2.24) is 5.32 Å². The van der Waals surface area contributed by atoms with Crippen LogP contribution in [0.1, 0.15) is 58.8 Å². The Hall–Kier alpha value is -1.57. The van der Waals surface area contributed by atoms with Gasteiger partial charge in [0.25, 0.3) is 0 Å². The quantitative estimate of drug-likeness (QED) is 0.726. The topological polar surface area (TPSA) is 79.2 Å². The van der Waals surface area contributed by atoms with Crippen molar-refractivity contribution >= 4 is 11.9 Å². The van der Waals surface area contributed by atoms with E-state index in [0.29, 0.717) is 6.42 Å². The van der Waals surface area contributed by atoms with Gasteiger partial charge in [0.2, 0.25) is 5.91 Å². The lowest BCUT2D eigenvalue weighted by Crippen LogP contribution is -2.38. The molecule has 1 fully saturated rings. The van der Waals surface area contributed by atoms with E-state index in [1.165, 1.54) is 0 Å². The first-order valence-electron chi connectivity index (χ1n) is 7.43. The van der Waals surface area contributed by atoms with Crippen molar-refractivity contribution in [3.05, 3.63) is 0 Å². The van der Waals surface area contributed by atoms with E-state index in [0.717, 1.165) is 25.7 Å². The third-order valence-electron chi connectivity index (χ3n) is 3.66. The van der Waals surface area contributed by atoms with Gasteiger partial charge in [0.1, 0.15) is 6.10 Å². The SMILES string of the molecule is CCC(CC#N)OC(=O)CC(C)NC(=O)C1CCCC1. The Morgan fingerprint density at radius 1 is 1.40 bits per heavy atom. The van der Waals surface area contributed by atoms with Crippen LogP contribution < -0.4 is 5.32 Å². The van der Waals surface area contributed by atoms with E-state index in [9.17, 15) is 9.59 Å². The lowest BCUT2D eigenvalue weighted by atomic mass is 10.1. The number of ether oxygens (including phenoxy) is 1.